The van der Waals surface area contributed by atoms with Gasteiger partial charge in [0.15, 0.2) is 0 Å². The van der Waals surface area contributed by atoms with Crippen molar-refractivity contribution in [1.82, 2.24) is 5.01 Å². The third-order valence-corrected chi connectivity index (χ3v) is 2.73. The van der Waals surface area contributed by atoms with Gasteiger partial charge in [-0.2, -0.15) is 0 Å². The molecule has 1 heterocycles. The smallest absolute Gasteiger partial charge is 0.0353 e. The molecule has 0 aromatic heterocycles. The van der Waals surface area contributed by atoms with E-state index < -0.39 is 0 Å². The quantitative estimate of drug-likeness (QED) is 0.488. The number of rotatable bonds is 0. The average molecular weight is 126 g/mol. The molecule has 0 atom stereocenters. The highest BCUT2D eigenvalue weighted by Gasteiger charge is 2.47. The molecule has 1 aliphatic carbocycles. The van der Waals surface area contributed by atoms with E-state index >= 15 is 0 Å². The first-order valence-corrected chi connectivity index (χ1v) is 3.86. The zero-order valence-electron chi connectivity index (χ0n) is 5.77. The zero-order valence-corrected chi connectivity index (χ0v) is 5.77. The molecule has 0 aromatic carbocycles. The monoisotopic (exact) mass is 126 g/mol. The van der Waals surface area contributed by atoms with Gasteiger partial charge in [0.2, 0.25) is 0 Å². The van der Waals surface area contributed by atoms with Gasteiger partial charge in [-0.15, -0.1) is 0 Å². The van der Waals surface area contributed by atoms with Crippen molar-refractivity contribution in [3.05, 3.63) is 0 Å². The van der Waals surface area contributed by atoms with Crippen molar-refractivity contribution in [2.75, 3.05) is 6.54 Å². The fraction of sp³-hybridized carbons (Fsp3) is 1.00. The van der Waals surface area contributed by atoms with E-state index in [1.807, 2.05) is 0 Å². The number of hydrogen-bond donors (Lipinski definition) is 1. The van der Waals surface area contributed by atoms with E-state index in [1.165, 1.54) is 32.1 Å². The summed E-state index contributed by atoms with van der Waals surface area (Å²) >= 11 is 0. The van der Waals surface area contributed by atoms with Gasteiger partial charge in [0.05, 0.1) is 0 Å². The number of hydrogen-bond acceptors (Lipinski definition) is 2. The molecule has 2 rings (SSSR count). The molecule has 2 N–H and O–H groups in total. The third-order valence-electron chi connectivity index (χ3n) is 2.73. The molecular formula is C7H14N2. The molecule has 1 saturated carbocycles. The second-order valence-corrected chi connectivity index (χ2v) is 3.37. The molecule has 2 heteroatoms. The highest BCUT2D eigenvalue weighted by atomic mass is 15.5. The molecule has 1 saturated heterocycles. The molecule has 2 fully saturated rings. The fourth-order valence-corrected chi connectivity index (χ4v) is 1.80. The lowest BCUT2D eigenvalue weighted by Gasteiger charge is -2.31. The Balaban J connectivity index is 2.03. The van der Waals surface area contributed by atoms with E-state index in [9.17, 15) is 0 Å². The summed E-state index contributed by atoms with van der Waals surface area (Å²) < 4.78 is 0. The summed E-state index contributed by atoms with van der Waals surface area (Å²) in [6, 6.07) is 0. The molecule has 52 valence electrons. The highest BCUT2D eigenvalue weighted by Crippen LogP contribution is 2.46. The SMILES string of the molecule is NN1CCCCC12CC2. The van der Waals surface area contributed by atoms with Crippen molar-refractivity contribution in [2.45, 2.75) is 37.6 Å². The van der Waals surface area contributed by atoms with Gasteiger partial charge in [0, 0.05) is 12.1 Å². The van der Waals surface area contributed by atoms with Crippen LogP contribution in [0, 0.1) is 0 Å². The summed E-state index contributed by atoms with van der Waals surface area (Å²) in [6.45, 7) is 1.12. The first-order chi connectivity index (χ1) is 4.33. The Labute approximate surface area is 56.0 Å². The van der Waals surface area contributed by atoms with Crippen LogP contribution in [0.4, 0.5) is 0 Å². The lowest BCUT2D eigenvalue weighted by atomic mass is 10.0. The van der Waals surface area contributed by atoms with Crippen molar-refractivity contribution in [3.8, 4) is 0 Å². The largest absolute Gasteiger partial charge is 0.268 e. The van der Waals surface area contributed by atoms with E-state index in [-0.39, 0.29) is 0 Å². The van der Waals surface area contributed by atoms with Crippen LogP contribution in [0.1, 0.15) is 32.1 Å². The summed E-state index contributed by atoms with van der Waals surface area (Å²) in [6.07, 6.45) is 6.75. The minimum Gasteiger partial charge on any atom is -0.268 e. The van der Waals surface area contributed by atoms with Crippen molar-refractivity contribution in [1.29, 1.82) is 0 Å². The summed E-state index contributed by atoms with van der Waals surface area (Å²) in [5, 5.41) is 2.07. The molecule has 0 amide bonds. The highest BCUT2D eigenvalue weighted by molar-refractivity contribution is 5.03. The molecule has 0 unspecified atom stereocenters. The van der Waals surface area contributed by atoms with Gasteiger partial charge >= 0.3 is 0 Å². The van der Waals surface area contributed by atoms with Crippen molar-refractivity contribution < 1.29 is 0 Å². The van der Waals surface area contributed by atoms with E-state index in [0.717, 1.165) is 6.54 Å². The minimum absolute atomic E-state index is 0.498. The number of piperidine rings is 1. The van der Waals surface area contributed by atoms with Crippen LogP contribution >= 0.6 is 0 Å². The Morgan fingerprint density at radius 1 is 1.11 bits per heavy atom. The van der Waals surface area contributed by atoms with Gasteiger partial charge in [0.25, 0.3) is 0 Å². The van der Waals surface area contributed by atoms with Crippen LogP contribution in [-0.2, 0) is 0 Å². The van der Waals surface area contributed by atoms with Gasteiger partial charge in [-0.25, -0.2) is 5.01 Å². The molecule has 9 heavy (non-hydrogen) atoms. The Morgan fingerprint density at radius 2 is 1.89 bits per heavy atom. The summed E-state index contributed by atoms with van der Waals surface area (Å²) in [7, 11) is 0. The Morgan fingerprint density at radius 3 is 2.33 bits per heavy atom. The summed E-state index contributed by atoms with van der Waals surface area (Å²) in [5.74, 6) is 5.81. The normalized spacial score (nSPS) is 33.0. The molecule has 0 radical (unpaired) electrons. The van der Waals surface area contributed by atoms with Crippen LogP contribution in [0.25, 0.3) is 0 Å². The van der Waals surface area contributed by atoms with E-state index in [1.54, 1.807) is 0 Å². The van der Waals surface area contributed by atoms with E-state index in [4.69, 9.17) is 5.84 Å². The minimum atomic E-state index is 0.498. The Bertz CT molecular complexity index is 118. The van der Waals surface area contributed by atoms with E-state index in [2.05, 4.69) is 5.01 Å². The molecule has 1 spiro atoms. The first-order valence-electron chi connectivity index (χ1n) is 3.86. The zero-order chi connectivity index (χ0) is 6.32. The van der Waals surface area contributed by atoms with Crippen molar-refractivity contribution in [2.24, 2.45) is 5.84 Å². The van der Waals surface area contributed by atoms with Crippen LogP contribution in [0.15, 0.2) is 0 Å². The maximum atomic E-state index is 5.81. The van der Waals surface area contributed by atoms with Gasteiger partial charge in [-0.1, -0.05) is 6.42 Å². The van der Waals surface area contributed by atoms with Crippen LogP contribution < -0.4 is 5.84 Å². The molecular weight excluding hydrogens is 112 g/mol. The number of nitrogens with two attached hydrogens (primary N) is 1. The summed E-state index contributed by atoms with van der Waals surface area (Å²) in [4.78, 5) is 0. The molecule has 0 bridgehead atoms. The van der Waals surface area contributed by atoms with Crippen LogP contribution in [-0.4, -0.2) is 17.1 Å². The van der Waals surface area contributed by atoms with Crippen LogP contribution in [0.2, 0.25) is 0 Å². The second kappa shape index (κ2) is 1.70. The maximum absolute atomic E-state index is 5.81. The van der Waals surface area contributed by atoms with Gasteiger partial charge < -0.3 is 0 Å². The lowest BCUT2D eigenvalue weighted by molar-refractivity contribution is 0.131. The second-order valence-electron chi connectivity index (χ2n) is 3.37. The average Bonchev–Trinajstić information content (AvgIpc) is 2.60. The topological polar surface area (TPSA) is 29.3 Å². The molecule has 0 aromatic rings. The summed E-state index contributed by atoms with van der Waals surface area (Å²) in [5.41, 5.74) is 0.498. The third kappa shape index (κ3) is 0.775. The Hall–Kier alpha value is -0.0800. The van der Waals surface area contributed by atoms with Crippen molar-refractivity contribution >= 4 is 0 Å². The van der Waals surface area contributed by atoms with Gasteiger partial charge in [-0.05, 0) is 25.7 Å². The van der Waals surface area contributed by atoms with Gasteiger partial charge in [0.1, 0.15) is 0 Å². The lowest BCUT2D eigenvalue weighted by Crippen LogP contribution is -2.46. The Kier molecular flexibility index (Phi) is 1.08. The molecule has 2 aliphatic rings. The fourth-order valence-electron chi connectivity index (χ4n) is 1.80. The van der Waals surface area contributed by atoms with Crippen LogP contribution in [0.3, 0.4) is 0 Å². The molecule has 1 aliphatic heterocycles. The number of hydrazine groups is 1. The van der Waals surface area contributed by atoms with Crippen molar-refractivity contribution in [3.63, 3.8) is 0 Å². The van der Waals surface area contributed by atoms with Gasteiger partial charge in [-0.3, -0.25) is 5.84 Å². The predicted molar refractivity (Wildman–Crippen MR) is 36.7 cm³/mol. The van der Waals surface area contributed by atoms with E-state index in [0.29, 0.717) is 5.54 Å². The predicted octanol–water partition coefficient (Wildman–Crippen LogP) is 0.879. The maximum Gasteiger partial charge on any atom is 0.0353 e. The van der Waals surface area contributed by atoms with Crippen LogP contribution in [0.5, 0.6) is 0 Å². The number of nitrogens with zero attached hydrogens (tertiary/aromatic N) is 1. The molecule has 2 nitrogen and oxygen atoms in total. The standard InChI is InChI=1S/C7H14N2/c8-9-6-2-1-3-7(9)4-5-7/h1-6,8H2. The first kappa shape index (κ1) is 5.69.